The fourth-order valence-corrected chi connectivity index (χ4v) is 10.2. The van der Waals surface area contributed by atoms with Gasteiger partial charge in [-0.15, -0.1) is 0 Å². The standard InChI is InChI=1S/C51H102NO15P/c1-3-5-7-9-11-13-15-17-19-21-23-25-27-29-31-33-35-62-38-40(63-36-34-32-30-28-26-24-22-20-18-16-14-12-10-8-6-4-2)39-64-68(60,61)67-50-48(59)46(57)45(56)47(58)49(50)66-51-42(52)44(55)43(54)41(37-53)65-51/h40-51,53-59H,3-39,52H2,1-2H3,(H,60,61)/t40-,41-,42-,43-,44-,45-,46-,47+,48-,49?,50-,51-/m1/s1. The number of unbranched alkanes of at least 4 members (excludes halogenated alkanes) is 30. The average molecular weight is 1000 g/mol. The Balaban J connectivity index is 1.82. The van der Waals surface area contributed by atoms with Gasteiger partial charge in [-0.25, -0.2) is 4.57 Å². The van der Waals surface area contributed by atoms with Gasteiger partial charge < -0.3 is 65.3 Å². The lowest BCUT2D eigenvalue weighted by Gasteiger charge is -2.47. The van der Waals surface area contributed by atoms with E-state index in [1.54, 1.807) is 0 Å². The molecule has 1 saturated carbocycles. The fraction of sp³-hybridized carbons (Fsp3) is 1.00. The lowest BCUT2D eigenvalue weighted by atomic mass is 9.84. The van der Waals surface area contributed by atoms with Crippen LogP contribution in [0.2, 0.25) is 0 Å². The molecule has 16 nitrogen and oxygen atoms in total. The van der Waals surface area contributed by atoms with Crippen LogP contribution in [-0.4, -0.2) is 147 Å². The minimum absolute atomic E-state index is 0.0934. The Labute approximate surface area is 411 Å². The van der Waals surface area contributed by atoms with Gasteiger partial charge in [0.15, 0.2) is 6.29 Å². The van der Waals surface area contributed by atoms with Crippen molar-refractivity contribution in [3.05, 3.63) is 0 Å². The van der Waals surface area contributed by atoms with Gasteiger partial charge in [-0.3, -0.25) is 9.05 Å². The summed E-state index contributed by atoms with van der Waals surface area (Å²) in [4.78, 5) is 10.9. The van der Waals surface area contributed by atoms with Crippen molar-refractivity contribution >= 4 is 7.82 Å². The first-order valence-electron chi connectivity index (χ1n) is 27.5. The zero-order valence-electron chi connectivity index (χ0n) is 42.6. The first-order valence-corrected chi connectivity index (χ1v) is 29.0. The Kier molecular flexibility index (Phi) is 37.6. The average Bonchev–Trinajstić information content (AvgIpc) is 3.33. The van der Waals surface area contributed by atoms with Gasteiger partial charge in [0.2, 0.25) is 0 Å². The van der Waals surface area contributed by atoms with Gasteiger partial charge in [0, 0.05) is 13.2 Å². The zero-order valence-corrected chi connectivity index (χ0v) is 43.4. The maximum absolute atomic E-state index is 13.5. The third-order valence-corrected chi connectivity index (χ3v) is 14.7. The molecule has 1 aliphatic carbocycles. The Morgan fingerprint density at radius 2 is 0.882 bits per heavy atom. The maximum Gasteiger partial charge on any atom is 0.472 e. The van der Waals surface area contributed by atoms with E-state index in [0.717, 1.165) is 38.5 Å². The largest absolute Gasteiger partial charge is 0.472 e. The molecule has 68 heavy (non-hydrogen) atoms. The molecule has 2 rings (SSSR count). The van der Waals surface area contributed by atoms with E-state index in [1.807, 2.05) is 0 Å². The van der Waals surface area contributed by atoms with Crippen LogP contribution < -0.4 is 5.73 Å². The van der Waals surface area contributed by atoms with E-state index < -0.39 is 94.4 Å². The number of nitrogens with two attached hydrogens (primary N) is 1. The summed E-state index contributed by atoms with van der Waals surface area (Å²) in [6.45, 7) is 4.31. The van der Waals surface area contributed by atoms with E-state index in [9.17, 15) is 45.2 Å². The van der Waals surface area contributed by atoms with Gasteiger partial charge in [0.25, 0.3) is 0 Å². The normalized spacial score (nSPS) is 28.0. The first kappa shape index (κ1) is 63.7. The molecule has 17 heteroatoms. The number of rotatable bonds is 45. The molecule has 2 unspecified atom stereocenters. The molecule has 0 bridgehead atoms. The molecule has 1 aliphatic heterocycles. The summed E-state index contributed by atoms with van der Waals surface area (Å²) in [5, 5.41) is 73.0. The Hall–Kier alpha value is -0.370. The van der Waals surface area contributed by atoms with Crippen LogP contribution in [0.4, 0.5) is 0 Å². The highest BCUT2D eigenvalue weighted by Gasteiger charge is 2.55. The van der Waals surface area contributed by atoms with E-state index in [-0.39, 0.29) is 6.61 Å². The highest BCUT2D eigenvalue weighted by molar-refractivity contribution is 7.47. The molecule has 1 heterocycles. The summed E-state index contributed by atoms with van der Waals surface area (Å²) in [7, 11) is -5.11. The summed E-state index contributed by atoms with van der Waals surface area (Å²) >= 11 is 0. The Morgan fingerprint density at radius 1 is 0.500 bits per heavy atom. The SMILES string of the molecule is CCCCCCCCCCCCCCCCCCOC[C@H](COP(=O)(O)O[C@H]1C(O[C@H]2O[C@H](CO)[C@@H](O)[C@H](O)[C@H]2N)[C@@H](O)[C@H](O)[C@@H](O)[C@H]1O)OCCCCCCCCCCCCCCCCCC. The second-order valence-corrected chi connectivity index (χ2v) is 21.3. The van der Waals surface area contributed by atoms with Crippen LogP contribution in [0.5, 0.6) is 0 Å². The highest BCUT2D eigenvalue weighted by Crippen LogP contribution is 2.48. The van der Waals surface area contributed by atoms with Crippen molar-refractivity contribution in [2.45, 2.75) is 293 Å². The predicted molar refractivity (Wildman–Crippen MR) is 265 cm³/mol. The molecular formula is C51H102NO15P. The maximum atomic E-state index is 13.5. The van der Waals surface area contributed by atoms with Crippen LogP contribution in [0.25, 0.3) is 0 Å². The molecule has 2 aliphatic rings. The van der Waals surface area contributed by atoms with Crippen LogP contribution >= 0.6 is 7.82 Å². The smallest absolute Gasteiger partial charge is 0.394 e. The summed E-state index contributed by atoms with van der Waals surface area (Å²) in [5.74, 6) is 0. The topological polar surface area (TPSA) is 260 Å². The van der Waals surface area contributed by atoms with Gasteiger partial charge in [0.1, 0.15) is 61.0 Å². The van der Waals surface area contributed by atoms with E-state index in [0.29, 0.717) is 13.2 Å². The molecule has 13 atom stereocenters. The van der Waals surface area contributed by atoms with E-state index in [2.05, 4.69) is 13.8 Å². The van der Waals surface area contributed by atoms with Crippen molar-refractivity contribution in [1.29, 1.82) is 0 Å². The molecular weight excluding hydrogens is 898 g/mol. The Bertz CT molecular complexity index is 1210. The van der Waals surface area contributed by atoms with Gasteiger partial charge in [-0.1, -0.05) is 206 Å². The van der Waals surface area contributed by atoms with Crippen LogP contribution in [0.15, 0.2) is 0 Å². The van der Waals surface area contributed by atoms with Crippen molar-refractivity contribution in [3.8, 4) is 0 Å². The fourth-order valence-electron chi connectivity index (χ4n) is 9.22. The molecule has 0 aromatic carbocycles. The van der Waals surface area contributed by atoms with E-state index in [1.165, 1.54) is 167 Å². The summed E-state index contributed by atoms with van der Waals surface area (Å²) in [5.41, 5.74) is 5.99. The molecule has 0 amide bonds. The van der Waals surface area contributed by atoms with Gasteiger partial charge >= 0.3 is 7.82 Å². The number of aliphatic hydroxyl groups excluding tert-OH is 7. The Morgan fingerprint density at radius 3 is 1.29 bits per heavy atom. The third-order valence-electron chi connectivity index (χ3n) is 13.7. The molecule has 2 fully saturated rings. The van der Waals surface area contributed by atoms with E-state index >= 15 is 0 Å². The molecule has 0 aromatic rings. The molecule has 10 N–H and O–H groups in total. The summed E-state index contributed by atoms with van der Waals surface area (Å²) in [6.07, 6.45) is 21.3. The third kappa shape index (κ3) is 27.6. The van der Waals surface area contributed by atoms with Crippen LogP contribution in [0.1, 0.15) is 219 Å². The predicted octanol–water partition coefficient (Wildman–Crippen LogP) is 8.02. The summed E-state index contributed by atoms with van der Waals surface area (Å²) in [6, 6.07) is -1.45. The monoisotopic (exact) mass is 1000 g/mol. The van der Waals surface area contributed by atoms with Gasteiger partial charge in [-0.2, -0.15) is 0 Å². The lowest BCUT2D eigenvalue weighted by Crippen LogP contribution is -2.68. The molecule has 0 radical (unpaired) electrons. The van der Waals surface area contributed by atoms with Crippen molar-refractivity contribution < 1.29 is 73.2 Å². The molecule has 406 valence electrons. The van der Waals surface area contributed by atoms with Crippen molar-refractivity contribution in [3.63, 3.8) is 0 Å². The summed E-state index contributed by atoms with van der Waals surface area (Å²) < 4.78 is 47.4. The van der Waals surface area contributed by atoms with E-state index in [4.69, 9.17) is 33.7 Å². The molecule has 0 spiro atoms. The number of phosphoric ester groups is 1. The number of hydrogen-bond donors (Lipinski definition) is 9. The highest BCUT2D eigenvalue weighted by atomic mass is 31.2. The quantitative estimate of drug-likeness (QED) is 0.0207. The van der Waals surface area contributed by atoms with Crippen LogP contribution in [-0.2, 0) is 32.6 Å². The zero-order chi connectivity index (χ0) is 49.8. The minimum atomic E-state index is -5.11. The number of aliphatic hydroxyl groups is 7. The van der Waals surface area contributed by atoms with Crippen molar-refractivity contribution in [2.75, 3.05) is 33.0 Å². The molecule has 0 aromatic heterocycles. The van der Waals surface area contributed by atoms with Crippen molar-refractivity contribution in [2.24, 2.45) is 5.73 Å². The van der Waals surface area contributed by atoms with Crippen LogP contribution in [0.3, 0.4) is 0 Å². The number of hydrogen-bond acceptors (Lipinski definition) is 15. The van der Waals surface area contributed by atoms with Crippen LogP contribution in [0, 0.1) is 0 Å². The van der Waals surface area contributed by atoms with Crippen molar-refractivity contribution in [1.82, 2.24) is 0 Å². The van der Waals surface area contributed by atoms with Gasteiger partial charge in [0.05, 0.1) is 25.9 Å². The lowest BCUT2D eigenvalue weighted by molar-refractivity contribution is -0.315. The second kappa shape index (κ2) is 40.1. The minimum Gasteiger partial charge on any atom is -0.394 e. The van der Waals surface area contributed by atoms with Gasteiger partial charge in [-0.05, 0) is 12.8 Å². The second-order valence-electron chi connectivity index (χ2n) is 19.9. The number of phosphoric acid groups is 1. The number of ether oxygens (including phenoxy) is 4. The first-order chi connectivity index (χ1) is 32.9. The molecule has 1 saturated heterocycles.